The number of carbonyl (C=O) groups excluding carboxylic acids is 2. The van der Waals surface area contributed by atoms with Crippen molar-refractivity contribution in [3.05, 3.63) is 131 Å². The Kier molecular flexibility index (Phi) is 10.1. The van der Waals surface area contributed by atoms with Gasteiger partial charge in [-0.1, -0.05) is 99.6 Å². The minimum Gasteiger partial charge on any atom is -0.508 e. The third-order valence-electron chi connectivity index (χ3n) is 11.2. The number of phenols is 1. The Morgan fingerprint density at radius 2 is 1.32 bits per heavy atom. The van der Waals surface area contributed by atoms with Crippen molar-refractivity contribution in [1.29, 1.82) is 0 Å². The maximum Gasteiger partial charge on any atom is 0.487 e. The van der Waals surface area contributed by atoms with Gasteiger partial charge in [-0.2, -0.15) is 26.3 Å². The van der Waals surface area contributed by atoms with E-state index in [9.17, 15) is 46.1 Å². The Morgan fingerprint density at radius 1 is 0.786 bits per heavy atom. The van der Waals surface area contributed by atoms with Crippen LogP contribution in [0.25, 0.3) is 0 Å². The normalized spacial score (nSPS) is 22.0. The number of benzene rings is 4. The van der Waals surface area contributed by atoms with E-state index in [0.717, 1.165) is 10.4 Å². The number of phenolic OH excluding ortho intramolecular Hbond substituents is 1. The minimum atomic E-state index is -5.22. The molecule has 56 heavy (non-hydrogen) atoms. The summed E-state index contributed by atoms with van der Waals surface area (Å²) in [6, 6.07) is 26.2. The molecule has 0 radical (unpaired) electrons. The molecule has 2 N–H and O–H groups in total. The number of hydrogen-bond acceptors (Lipinski definition) is 6. The van der Waals surface area contributed by atoms with Crippen molar-refractivity contribution in [2.75, 3.05) is 11.5 Å². The fourth-order valence-electron chi connectivity index (χ4n) is 8.78. The quantitative estimate of drug-likeness (QED) is 0.114. The number of fused-ring (bicyclic) bond motifs is 3. The molecule has 7 rings (SSSR count). The number of alkyl halides is 6. The largest absolute Gasteiger partial charge is 0.508 e. The SMILES string of the molecule is CC(C)(C)[Si](OCC1=C2B(O)O[C@H](c3ccccc3O)C[C@H]2[C@H]2C(=O)N(c3cc(C(F)(F)F)cc(C(F)(F)F)c3)C(=O)[C@H]2C1)(c1ccccc1)c1ccccc1. The van der Waals surface area contributed by atoms with Crippen molar-refractivity contribution in [2.45, 2.75) is 57.1 Å². The number of para-hydroxylation sites is 1. The van der Waals surface area contributed by atoms with Gasteiger partial charge in [-0.15, -0.1) is 0 Å². The lowest BCUT2D eigenvalue weighted by atomic mass is 9.55. The Labute approximate surface area is 320 Å². The molecule has 4 aromatic rings. The number of halogens is 6. The Balaban J connectivity index is 1.35. The monoisotopic (exact) mass is 793 g/mol. The molecule has 0 bridgehead atoms. The zero-order chi connectivity index (χ0) is 40.4. The van der Waals surface area contributed by atoms with Gasteiger partial charge in [0.05, 0.1) is 41.4 Å². The fraction of sp³-hybridized carbons (Fsp3) is 0.317. The van der Waals surface area contributed by atoms with Crippen LogP contribution in [0.1, 0.15) is 56.4 Å². The van der Waals surface area contributed by atoms with Crippen LogP contribution in [0, 0.1) is 17.8 Å². The number of amides is 2. The first kappa shape index (κ1) is 39.5. The van der Waals surface area contributed by atoms with E-state index in [2.05, 4.69) is 20.8 Å². The highest BCUT2D eigenvalue weighted by Gasteiger charge is 2.59. The first-order chi connectivity index (χ1) is 26.3. The molecular formula is C41H38BF6NO6Si. The first-order valence-corrected chi connectivity index (χ1v) is 20.0. The van der Waals surface area contributed by atoms with E-state index in [0.29, 0.717) is 28.2 Å². The van der Waals surface area contributed by atoms with E-state index in [-0.39, 0.29) is 36.7 Å². The van der Waals surface area contributed by atoms with Gasteiger partial charge in [-0.3, -0.25) is 9.59 Å². The van der Waals surface area contributed by atoms with Gasteiger partial charge in [0, 0.05) is 5.56 Å². The number of carbonyl (C=O) groups is 2. The molecule has 2 fully saturated rings. The third-order valence-corrected chi connectivity index (χ3v) is 16.2. The highest BCUT2D eigenvalue weighted by atomic mass is 28.4. The van der Waals surface area contributed by atoms with Crippen LogP contribution in [0.3, 0.4) is 0 Å². The zero-order valence-corrected chi connectivity index (χ0v) is 31.6. The van der Waals surface area contributed by atoms with Gasteiger partial charge in [0.15, 0.2) is 0 Å². The number of nitrogens with zero attached hydrogens (tertiary/aromatic N) is 1. The van der Waals surface area contributed by atoms with Gasteiger partial charge in [-0.05, 0) is 69.5 Å². The molecule has 4 aromatic carbocycles. The van der Waals surface area contributed by atoms with E-state index in [4.69, 9.17) is 9.08 Å². The Bertz CT molecular complexity index is 2100. The summed E-state index contributed by atoms with van der Waals surface area (Å²) in [6.45, 7) is 6.06. The average Bonchev–Trinajstić information content (AvgIpc) is 3.39. The second kappa shape index (κ2) is 14.4. The van der Waals surface area contributed by atoms with Crippen LogP contribution in [0.4, 0.5) is 32.0 Å². The first-order valence-electron chi connectivity index (χ1n) is 18.1. The maximum atomic E-state index is 14.4. The Morgan fingerprint density at radius 3 is 1.84 bits per heavy atom. The van der Waals surface area contributed by atoms with E-state index in [1.165, 1.54) is 6.07 Å². The molecule has 0 saturated carbocycles. The highest BCUT2D eigenvalue weighted by molar-refractivity contribution is 6.99. The minimum absolute atomic E-state index is 0.0445. The number of hydrogen-bond donors (Lipinski definition) is 2. The molecule has 3 aliphatic rings. The molecule has 2 amide bonds. The van der Waals surface area contributed by atoms with Crippen molar-refractivity contribution >= 4 is 43.3 Å². The summed E-state index contributed by atoms with van der Waals surface area (Å²) in [7, 11) is -4.88. The standard InChI is InChI=1S/C41H38BF6NO6Si/c1-39(2,3)56(28-12-6-4-7-13-28,29-14-8-5-9-15-29)54-23-24-18-32-35(31-22-34(55-42(53)36(24)31)30-16-10-11-17-33(30)50)38(52)49(37(32)51)27-20-25(40(43,44)45)19-26(21-27)41(46,47)48/h4-17,19-21,31-32,34-35,50,53H,18,22-23H2,1-3H3/t31-,32-,34-,35+/m0/s1. The summed E-state index contributed by atoms with van der Waals surface area (Å²) in [5.41, 5.74) is -3.20. The lowest BCUT2D eigenvalue weighted by Crippen LogP contribution is -2.66. The number of allylic oxidation sites excluding steroid dienone is 1. The van der Waals surface area contributed by atoms with Crippen LogP contribution >= 0.6 is 0 Å². The molecule has 1 aliphatic carbocycles. The molecule has 0 aromatic heterocycles. The molecular weight excluding hydrogens is 755 g/mol. The smallest absolute Gasteiger partial charge is 0.487 e. The predicted molar refractivity (Wildman–Crippen MR) is 199 cm³/mol. The summed E-state index contributed by atoms with van der Waals surface area (Å²) >= 11 is 0. The number of imide groups is 1. The van der Waals surface area contributed by atoms with Crippen LogP contribution in [-0.2, 0) is 31.0 Å². The molecule has 2 aliphatic heterocycles. The van der Waals surface area contributed by atoms with Gasteiger partial charge in [-0.25, -0.2) is 4.90 Å². The summed E-state index contributed by atoms with van der Waals surface area (Å²) in [5, 5.41) is 23.9. The highest BCUT2D eigenvalue weighted by Crippen LogP contribution is 2.53. The van der Waals surface area contributed by atoms with Crippen LogP contribution < -0.4 is 15.3 Å². The van der Waals surface area contributed by atoms with Crippen molar-refractivity contribution < 1.29 is 55.1 Å². The molecule has 4 atom stereocenters. The number of aromatic hydroxyl groups is 1. The summed E-state index contributed by atoms with van der Waals surface area (Å²) in [6.07, 6.45) is -11.6. The zero-order valence-electron chi connectivity index (χ0n) is 30.6. The van der Waals surface area contributed by atoms with Gasteiger partial charge < -0.3 is 19.2 Å². The molecule has 292 valence electrons. The summed E-state index contributed by atoms with van der Waals surface area (Å²) < 4.78 is 96.9. The molecule has 0 spiro atoms. The van der Waals surface area contributed by atoms with Crippen molar-refractivity contribution in [1.82, 2.24) is 0 Å². The van der Waals surface area contributed by atoms with Crippen molar-refractivity contribution in [2.24, 2.45) is 17.8 Å². The average molecular weight is 794 g/mol. The number of rotatable bonds is 7. The topological polar surface area (TPSA) is 96.3 Å². The molecule has 2 heterocycles. The van der Waals surface area contributed by atoms with Gasteiger partial charge in [0.2, 0.25) is 11.8 Å². The second-order valence-electron chi connectivity index (χ2n) is 15.5. The lowest BCUT2D eigenvalue weighted by molar-refractivity contribution is -0.143. The lowest BCUT2D eigenvalue weighted by Gasteiger charge is -2.45. The van der Waals surface area contributed by atoms with Crippen LogP contribution in [-0.4, -0.2) is 44.0 Å². The molecule has 7 nitrogen and oxygen atoms in total. The Hall–Kier alpha value is -4.70. The van der Waals surface area contributed by atoms with Gasteiger partial charge >= 0.3 is 19.5 Å². The van der Waals surface area contributed by atoms with E-state index >= 15 is 0 Å². The van der Waals surface area contributed by atoms with E-state index in [1.807, 2.05) is 60.7 Å². The van der Waals surface area contributed by atoms with Crippen LogP contribution in [0.2, 0.25) is 5.04 Å². The fourth-order valence-corrected chi connectivity index (χ4v) is 13.3. The third kappa shape index (κ3) is 6.88. The van der Waals surface area contributed by atoms with E-state index in [1.54, 1.807) is 18.2 Å². The maximum absolute atomic E-state index is 14.4. The van der Waals surface area contributed by atoms with Gasteiger partial charge in [0.1, 0.15) is 5.75 Å². The molecule has 0 unspecified atom stereocenters. The molecule has 2 saturated heterocycles. The van der Waals surface area contributed by atoms with Crippen LogP contribution in [0.5, 0.6) is 5.75 Å². The van der Waals surface area contributed by atoms with Crippen molar-refractivity contribution in [3.63, 3.8) is 0 Å². The van der Waals surface area contributed by atoms with Crippen molar-refractivity contribution in [3.8, 4) is 5.75 Å². The predicted octanol–water partition coefficient (Wildman–Crippen LogP) is 7.61. The number of anilines is 1. The molecule has 15 heteroatoms. The summed E-state index contributed by atoms with van der Waals surface area (Å²) in [5.74, 6) is -5.56. The van der Waals surface area contributed by atoms with E-state index < -0.39 is 85.3 Å². The second-order valence-corrected chi connectivity index (χ2v) is 19.8. The van der Waals surface area contributed by atoms with Crippen LogP contribution in [0.15, 0.2) is 114 Å². The summed E-state index contributed by atoms with van der Waals surface area (Å²) in [4.78, 5) is 29.1. The van der Waals surface area contributed by atoms with Gasteiger partial charge in [0.25, 0.3) is 8.32 Å².